The van der Waals surface area contributed by atoms with Gasteiger partial charge in [-0.15, -0.1) is 0 Å². The maximum atomic E-state index is 12.8. The monoisotopic (exact) mass is 364 g/mol. The number of hydrogen-bond donors (Lipinski definition) is 2. The van der Waals surface area contributed by atoms with Crippen molar-refractivity contribution in [2.45, 2.75) is 16.6 Å². The van der Waals surface area contributed by atoms with Crippen molar-refractivity contribution >= 4 is 35.0 Å². The average Bonchev–Trinajstić information content (AvgIpc) is 3.18. The number of rotatable bonds is 3. The molecule has 26 heavy (non-hydrogen) atoms. The molecule has 3 aromatic rings. The summed E-state index contributed by atoms with van der Waals surface area (Å²) in [5.41, 5.74) is 2.30. The van der Waals surface area contributed by atoms with E-state index in [9.17, 15) is 9.59 Å². The molecule has 2 heterocycles. The number of nitrogens with one attached hydrogen (secondary N) is 2. The van der Waals surface area contributed by atoms with Crippen molar-refractivity contribution in [2.24, 2.45) is 0 Å². The van der Waals surface area contributed by atoms with Crippen LogP contribution in [-0.4, -0.2) is 26.1 Å². The van der Waals surface area contributed by atoms with Gasteiger partial charge in [-0.05, 0) is 43.3 Å². The number of anilines is 2. The van der Waals surface area contributed by atoms with Crippen LogP contribution in [0.25, 0.3) is 5.69 Å². The summed E-state index contributed by atoms with van der Waals surface area (Å²) in [6, 6.07) is 14.8. The number of amides is 2. The van der Waals surface area contributed by atoms with Gasteiger partial charge in [0.2, 0.25) is 11.8 Å². The van der Waals surface area contributed by atoms with Crippen molar-refractivity contribution in [3.8, 4) is 5.69 Å². The molecule has 0 bridgehead atoms. The van der Waals surface area contributed by atoms with E-state index in [2.05, 4.69) is 15.6 Å². The fourth-order valence-electron chi connectivity index (χ4n) is 2.70. The normalized spacial score (nSPS) is 18.7. The number of carbonyl (C=O) groups is 2. The predicted octanol–water partition coefficient (Wildman–Crippen LogP) is 3.31. The van der Waals surface area contributed by atoms with E-state index in [0.717, 1.165) is 16.3 Å². The third kappa shape index (κ3) is 2.86. The molecular weight excluding hydrogens is 348 g/mol. The molecule has 0 radical (unpaired) electrons. The highest BCUT2D eigenvalue weighted by Crippen LogP contribution is 2.42. The molecule has 0 aliphatic carbocycles. The number of benzene rings is 2. The van der Waals surface area contributed by atoms with Crippen LogP contribution in [-0.2, 0) is 9.59 Å². The molecule has 0 fully saturated rings. The molecule has 0 saturated carbocycles. The Labute approximate surface area is 154 Å². The number of aromatic nitrogens is 2. The number of carbonyl (C=O) groups excluding carboxylic acids is 2. The zero-order valence-electron chi connectivity index (χ0n) is 14.0. The SMILES string of the molecule is CC1(C(=O)Nc2ccc(-n3ccnc3)cc2)Sc2ccccc2NC1=O. The van der Waals surface area contributed by atoms with Crippen LogP contribution in [0.5, 0.6) is 0 Å². The first-order valence-electron chi connectivity index (χ1n) is 8.05. The first-order valence-corrected chi connectivity index (χ1v) is 8.87. The Hall–Kier alpha value is -3.06. The van der Waals surface area contributed by atoms with Crippen molar-refractivity contribution in [3.05, 3.63) is 67.3 Å². The van der Waals surface area contributed by atoms with Crippen LogP contribution >= 0.6 is 11.8 Å². The van der Waals surface area contributed by atoms with Crippen molar-refractivity contribution in [2.75, 3.05) is 10.6 Å². The topological polar surface area (TPSA) is 76.0 Å². The number of fused-ring (bicyclic) bond motifs is 1. The highest BCUT2D eigenvalue weighted by atomic mass is 32.2. The molecule has 0 spiro atoms. The molecule has 1 aliphatic rings. The zero-order chi connectivity index (χ0) is 18.1. The molecule has 1 atom stereocenters. The van der Waals surface area contributed by atoms with Gasteiger partial charge in [0.1, 0.15) is 0 Å². The Morgan fingerprint density at radius 3 is 2.69 bits per heavy atom. The van der Waals surface area contributed by atoms with Gasteiger partial charge in [-0.1, -0.05) is 23.9 Å². The van der Waals surface area contributed by atoms with Gasteiger partial charge in [-0.2, -0.15) is 0 Å². The highest BCUT2D eigenvalue weighted by Gasteiger charge is 2.45. The maximum Gasteiger partial charge on any atom is 0.250 e. The molecule has 1 unspecified atom stereocenters. The first-order chi connectivity index (χ1) is 12.6. The summed E-state index contributed by atoms with van der Waals surface area (Å²) < 4.78 is 0.631. The van der Waals surface area contributed by atoms with Gasteiger partial charge in [0.25, 0.3) is 0 Å². The molecule has 1 aliphatic heterocycles. The lowest BCUT2D eigenvalue weighted by molar-refractivity contribution is -0.126. The Morgan fingerprint density at radius 1 is 1.19 bits per heavy atom. The summed E-state index contributed by atoms with van der Waals surface area (Å²) in [6.45, 7) is 1.64. The van der Waals surface area contributed by atoms with Gasteiger partial charge < -0.3 is 15.2 Å². The molecule has 0 saturated heterocycles. The van der Waals surface area contributed by atoms with Crippen LogP contribution in [0.2, 0.25) is 0 Å². The third-order valence-electron chi connectivity index (χ3n) is 4.24. The van der Waals surface area contributed by atoms with Gasteiger partial charge in [0, 0.05) is 28.7 Å². The van der Waals surface area contributed by atoms with Crippen LogP contribution < -0.4 is 10.6 Å². The number of hydrogen-bond acceptors (Lipinski definition) is 4. The largest absolute Gasteiger partial charge is 0.324 e. The van der Waals surface area contributed by atoms with E-state index >= 15 is 0 Å². The minimum atomic E-state index is -1.24. The van der Waals surface area contributed by atoms with Crippen molar-refractivity contribution < 1.29 is 9.59 Å². The smallest absolute Gasteiger partial charge is 0.250 e. The van der Waals surface area contributed by atoms with E-state index in [0.29, 0.717) is 5.69 Å². The summed E-state index contributed by atoms with van der Waals surface area (Å²) in [4.78, 5) is 30.2. The lowest BCUT2D eigenvalue weighted by Crippen LogP contribution is -2.49. The lowest BCUT2D eigenvalue weighted by atomic mass is 10.1. The summed E-state index contributed by atoms with van der Waals surface area (Å²) in [7, 11) is 0. The second-order valence-electron chi connectivity index (χ2n) is 6.06. The van der Waals surface area contributed by atoms with Gasteiger partial charge in [0.15, 0.2) is 4.75 Å². The predicted molar refractivity (Wildman–Crippen MR) is 102 cm³/mol. The Morgan fingerprint density at radius 2 is 1.96 bits per heavy atom. The number of nitrogens with zero attached hydrogens (tertiary/aromatic N) is 2. The molecule has 4 rings (SSSR count). The summed E-state index contributed by atoms with van der Waals surface area (Å²) in [5, 5.41) is 5.65. The number of imidazole rings is 1. The molecule has 7 heteroatoms. The number of para-hydroxylation sites is 1. The standard InChI is InChI=1S/C19H16N4O2S/c1-19(18(25)22-15-4-2-3-5-16(15)26-19)17(24)21-13-6-8-14(9-7-13)23-11-10-20-12-23/h2-12H,1H3,(H,21,24)(H,22,25). The molecule has 2 aromatic carbocycles. The van der Waals surface area contributed by atoms with E-state index in [1.54, 1.807) is 31.6 Å². The molecule has 2 amide bonds. The second kappa shape index (κ2) is 6.34. The van der Waals surface area contributed by atoms with Gasteiger partial charge in [-0.25, -0.2) is 4.98 Å². The molecular formula is C19H16N4O2S. The Bertz CT molecular complexity index is 969. The van der Waals surface area contributed by atoms with Crippen LogP contribution in [0.1, 0.15) is 6.92 Å². The van der Waals surface area contributed by atoms with Crippen LogP contribution in [0, 0.1) is 0 Å². The first kappa shape index (κ1) is 16.4. The Balaban J connectivity index is 1.53. The minimum absolute atomic E-state index is 0.325. The molecule has 2 N–H and O–H groups in total. The lowest BCUT2D eigenvalue weighted by Gasteiger charge is -2.31. The van der Waals surface area contributed by atoms with Gasteiger partial charge >= 0.3 is 0 Å². The second-order valence-corrected chi connectivity index (χ2v) is 7.52. The zero-order valence-corrected chi connectivity index (χ0v) is 14.8. The Kier molecular flexibility index (Phi) is 4.00. The van der Waals surface area contributed by atoms with E-state index in [4.69, 9.17) is 0 Å². The van der Waals surface area contributed by atoms with E-state index < -0.39 is 4.75 Å². The molecule has 1 aromatic heterocycles. The third-order valence-corrected chi connectivity index (χ3v) is 5.60. The fourth-order valence-corrected chi connectivity index (χ4v) is 3.80. The highest BCUT2D eigenvalue weighted by molar-refractivity contribution is 8.02. The molecule has 6 nitrogen and oxygen atoms in total. The summed E-state index contributed by atoms with van der Waals surface area (Å²) in [5.74, 6) is -0.682. The quantitative estimate of drug-likeness (QED) is 0.699. The van der Waals surface area contributed by atoms with Crippen LogP contribution in [0.15, 0.2) is 72.1 Å². The summed E-state index contributed by atoms with van der Waals surface area (Å²) >= 11 is 1.26. The molecule has 130 valence electrons. The van der Waals surface area contributed by atoms with E-state index in [-0.39, 0.29) is 11.8 Å². The fraction of sp³-hybridized carbons (Fsp3) is 0.105. The van der Waals surface area contributed by atoms with E-state index in [1.807, 2.05) is 47.2 Å². The average molecular weight is 364 g/mol. The van der Waals surface area contributed by atoms with Crippen molar-refractivity contribution in [3.63, 3.8) is 0 Å². The summed E-state index contributed by atoms with van der Waals surface area (Å²) in [6.07, 6.45) is 5.25. The van der Waals surface area contributed by atoms with Crippen LogP contribution in [0.4, 0.5) is 11.4 Å². The van der Waals surface area contributed by atoms with Crippen molar-refractivity contribution in [1.29, 1.82) is 0 Å². The van der Waals surface area contributed by atoms with Gasteiger partial charge in [-0.3, -0.25) is 9.59 Å². The minimum Gasteiger partial charge on any atom is -0.324 e. The number of thioether (sulfide) groups is 1. The van der Waals surface area contributed by atoms with E-state index in [1.165, 1.54) is 11.8 Å². The van der Waals surface area contributed by atoms with Crippen molar-refractivity contribution in [1.82, 2.24) is 9.55 Å². The van der Waals surface area contributed by atoms with Crippen LogP contribution in [0.3, 0.4) is 0 Å². The maximum absolute atomic E-state index is 12.8. The van der Waals surface area contributed by atoms with Gasteiger partial charge in [0.05, 0.1) is 12.0 Å².